The lowest BCUT2D eigenvalue weighted by Gasteiger charge is -2.08. The smallest absolute Gasteiger partial charge is 0.156 e. The van der Waals surface area contributed by atoms with E-state index >= 15 is 0 Å². The molecule has 0 fully saturated rings. The summed E-state index contributed by atoms with van der Waals surface area (Å²) in [6.07, 6.45) is 3.27. The zero-order valence-corrected chi connectivity index (χ0v) is 10.9. The number of aromatic nitrogens is 2. The van der Waals surface area contributed by atoms with Crippen molar-refractivity contribution >= 4 is 9.84 Å². The average Bonchev–Trinajstić information content (AvgIpc) is 2.29. The number of nitrogens with zero attached hydrogens (tertiary/aromatic N) is 2. The SMILES string of the molecule is CCS(=O)(=O)CCCC(O)c1ncc(C)cn1. The lowest BCUT2D eigenvalue weighted by atomic mass is 10.2. The summed E-state index contributed by atoms with van der Waals surface area (Å²) >= 11 is 0. The monoisotopic (exact) mass is 258 g/mol. The molecular weight excluding hydrogens is 240 g/mol. The molecule has 1 N–H and O–H groups in total. The zero-order valence-electron chi connectivity index (χ0n) is 10.1. The Bertz CT molecular complexity index is 442. The molecule has 17 heavy (non-hydrogen) atoms. The third kappa shape index (κ3) is 4.79. The van der Waals surface area contributed by atoms with Gasteiger partial charge in [-0.1, -0.05) is 6.92 Å². The summed E-state index contributed by atoms with van der Waals surface area (Å²) in [6, 6.07) is 0. The van der Waals surface area contributed by atoms with Crippen LogP contribution < -0.4 is 0 Å². The van der Waals surface area contributed by atoms with Crippen molar-refractivity contribution < 1.29 is 13.5 Å². The molecule has 0 aliphatic heterocycles. The molecule has 0 spiro atoms. The summed E-state index contributed by atoms with van der Waals surface area (Å²) in [6.45, 7) is 3.48. The van der Waals surface area contributed by atoms with Gasteiger partial charge in [-0.05, 0) is 25.3 Å². The maximum atomic E-state index is 11.2. The zero-order chi connectivity index (χ0) is 12.9. The van der Waals surface area contributed by atoms with E-state index in [1.807, 2.05) is 6.92 Å². The molecule has 0 saturated heterocycles. The van der Waals surface area contributed by atoms with Crippen molar-refractivity contribution in [2.24, 2.45) is 0 Å². The van der Waals surface area contributed by atoms with E-state index in [0.29, 0.717) is 18.7 Å². The van der Waals surface area contributed by atoms with Crippen molar-refractivity contribution in [1.29, 1.82) is 0 Å². The van der Waals surface area contributed by atoms with Crippen LogP contribution in [0.2, 0.25) is 0 Å². The van der Waals surface area contributed by atoms with Gasteiger partial charge in [0, 0.05) is 18.1 Å². The van der Waals surface area contributed by atoms with E-state index in [1.54, 1.807) is 19.3 Å². The largest absolute Gasteiger partial charge is 0.385 e. The number of hydrogen-bond donors (Lipinski definition) is 1. The maximum Gasteiger partial charge on any atom is 0.156 e. The molecule has 0 radical (unpaired) electrons. The highest BCUT2D eigenvalue weighted by Crippen LogP contribution is 2.14. The first-order valence-corrected chi connectivity index (χ1v) is 7.44. The molecule has 96 valence electrons. The van der Waals surface area contributed by atoms with Gasteiger partial charge in [-0.3, -0.25) is 0 Å². The van der Waals surface area contributed by atoms with Crippen molar-refractivity contribution in [1.82, 2.24) is 9.97 Å². The molecule has 1 atom stereocenters. The average molecular weight is 258 g/mol. The van der Waals surface area contributed by atoms with Crippen LogP contribution in [0.25, 0.3) is 0 Å². The Morgan fingerprint density at radius 2 is 1.94 bits per heavy atom. The normalized spacial score (nSPS) is 13.6. The Hall–Kier alpha value is -1.01. The maximum absolute atomic E-state index is 11.2. The first-order chi connectivity index (χ1) is 7.94. The number of aryl methyl sites for hydroxylation is 1. The second kappa shape index (κ2) is 6.07. The van der Waals surface area contributed by atoms with Crippen LogP contribution in [0.4, 0.5) is 0 Å². The standard InChI is InChI=1S/C11H18N2O3S/c1-3-17(15,16)6-4-5-10(14)11-12-7-9(2)8-13-11/h7-8,10,14H,3-6H2,1-2H3. The fourth-order valence-corrected chi connectivity index (χ4v) is 2.24. The van der Waals surface area contributed by atoms with Crippen molar-refractivity contribution in [3.8, 4) is 0 Å². The fourth-order valence-electron chi connectivity index (χ4n) is 1.34. The van der Waals surface area contributed by atoms with E-state index in [2.05, 4.69) is 9.97 Å². The summed E-state index contributed by atoms with van der Waals surface area (Å²) in [5.41, 5.74) is 0.925. The van der Waals surface area contributed by atoms with E-state index in [-0.39, 0.29) is 11.5 Å². The first kappa shape index (κ1) is 14.1. The number of aliphatic hydroxyl groups excluding tert-OH is 1. The summed E-state index contributed by atoms with van der Waals surface area (Å²) < 4.78 is 22.5. The van der Waals surface area contributed by atoms with Gasteiger partial charge in [0.1, 0.15) is 15.9 Å². The third-order valence-corrected chi connectivity index (χ3v) is 4.26. The Balaban J connectivity index is 2.45. The molecule has 1 unspecified atom stereocenters. The van der Waals surface area contributed by atoms with Gasteiger partial charge in [0.15, 0.2) is 5.82 Å². The van der Waals surface area contributed by atoms with Gasteiger partial charge in [0.05, 0.1) is 5.75 Å². The second-order valence-electron chi connectivity index (χ2n) is 4.01. The van der Waals surface area contributed by atoms with Crippen LogP contribution in [-0.4, -0.2) is 35.0 Å². The summed E-state index contributed by atoms with van der Waals surface area (Å²) in [5.74, 6) is 0.598. The van der Waals surface area contributed by atoms with Crippen LogP contribution in [0.5, 0.6) is 0 Å². The number of rotatable bonds is 6. The number of aliphatic hydroxyl groups is 1. The van der Waals surface area contributed by atoms with Gasteiger partial charge in [-0.15, -0.1) is 0 Å². The Labute approximate surface area is 102 Å². The minimum absolute atomic E-state index is 0.104. The van der Waals surface area contributed by atoms with Gasteiger partial charge < -0.3 is 5.11 Å². The van der Waals surface area contributed by atoms with Crippen molar-refractivity contribution in [2.45, 2.75) is 32.8 Å². The molecule has 0 bridgehead atoms. The Morgan fingerprint density at radius 1 is 1.35 bits per heavy atom. The van der Waals surface area contributed by atoms with Crippen molar-refractivity contribution in [3.63, 3.8) is 0 Å². The van der Waals surface area contributed by atoms with Crippen molar-refractivity contribution in [3.05, 3.63) is 23.8 Å². The Kier molecular flexibility index (Phi) is 5.02. The van der Waals surface area contributed by atoms with E-state index in [1.165, 1.54) is 0 Å². The molecular formula is C11H18N2O3S. The highest BCUT2D eigenvalue weighted by atomic mass is 32.2. The molecule has 0 aliphatic carbocycles. The van der Waals surface area contributed by atoms with E-state index < -0.39 is 15.9 Å². The predicted molar refractivity (Wildman–Crippen MR) is 65.3 cm³/mol. The predicted octanol–water partition coefficient (Wildman–Crippen LogP) is 1.03. The lowest BCUT2D eigenvalue weighted by molar-refractivity contribution is 0.156. The van der Waals surface area contributed by atoms with Crippen LogP contribution in [-0.2, 0) is 9.84 Å². The fraction of sp³-hybridized carbons (Fsp3) is 0.636. The van der Waals surface area contributed by atoms with Gasteiger partial charge in [0.25, 0.3) is 0 Å². The molecule has 1 rings (SSSR count). The van der Waals surface area contributed by atoms with Crippen LogP contribution in [0.15, 0.2) is 12.4 Å². The van der Waals surface area contributed by atoms with Gasteiger partial charge >= 0.3 is 0 Å². The highest BCUT2D eigenvalue weighted by Gasteiger charge is 2.13. The molecule has 0 saturated carbocycles. The number of sulfone groups is 1. The molecule has 5 nitrogen and oxygen atoms in total. The number of hydrogen-bond acceptors (Lipinski definition) is 5. The van der Waals surface area contributed by atoms with Crippen molar-refractivity contribution in [2.75, 3.05) is 11.5 Å². The van der Waals surface area contributed by atoms with E-state index in [0.717, 1.165) is 5.56 Å². The summed E-state index contributed by atoms with van der Waals surface area (Å²) in [4.78, 5) is 8.01. The van der Waals surface area contributed by atoms with Crippen LogP contribution in [0.1, 0.15) is 37.3 Å². The molecule has 0 amide bonds. The molecule has 6 heteroatoms. The van der Waals surface area contributed by atoms with Crippen LogP contribution >= 0.6 is 0 Å². The van der Waals surface area contributed by atoms with Crippen LogP contribution in [0, 0.1) is 6.92 Å². The van der Waals surface area contributed by atoms with Gasteiger partial charge in [-0.2, -0.15) is 0 Å². The minimum Gasteiger partial charge on any atom is -0.385 e. The second-order valence-corrected chi connectivity index (χ2v) is 6.49. The van der Waals surface area contributed by atoms with E-state index in [4.69, 9.17) is 0 Å². The topological polar surface area (TPSA) is 80.2 Å². The molecule has 1 aromatic heterocycles. The molecule has 0 aromatic carbocycles. The molecule has 1 heterocycles. The van der Waals surface area contributed by atoms with Crippen LogP contribution in [0.3, 0.4) is 0 Å². The minimum atomic E-state index is -2.96. The van der Waals surface area contributed by atoms with E-state index in [9.17, 15) is 13.5 Å². The quantitative estimate of drug-likeness (QED) is 0.824. The molecule has 1 aromatic rings. The Morgan fingerprint density at radius 3 is 2.47 bits per heavy atom. The summed E-state index contributed by atoms with van der Waals surface area (Å²) in [7, 11) is -2.96. The molecule has 0 aliphatic rings. The first-order valence-electron chi connectivity index (χ1n) is 5.61. The third-order valence-electron chi connectivity index (χ3n) is 2.47. The highest BCUT2D eigenvalue weighted by molar-refractivity contribution is 7.91. The van der Waals surface area contributed by atoms with Gasteiger partial charge in [-0.25, -0.2) is 18.4 Å². The lowest BCUT2D eigenvalue weighted by Crippen LogP contribution is -2.11. The van der Waals surface area contributed by atoms with Gasteiger partial charge in [0.2, 0.25) is 0 Å². The summed E-state index contributed by atoms with van der Waals surface area (Å²) in [5, 5.41) is 9.76.